The second-order valence-corrected chi connectivity index (χ2v) is 5.71. The Bertz CT molecular complexity index is 1030. The lowest BCUT2D eigenvalue weighted by Gasteiger charge is -2.13. The van der Waals surface area contributed by atoms with E-state index in [4.69, 9.17) is 19.5 Å². The quantitative estimate of drug-likeness (QED) is 0.599. The molecule has 0 radical (unpaired) electrons. The first-order valence-corrected chi connectivity index (χ1v) is 8.56. The monoisotopic (exact) mass is 375 g/mol. The van der Waals surface area contributed by atoms with Gasteiger partial charge in [0.2, 0.25) is 5.75 Å². The molecular formula is C21H17N3O4. The first-order valence-electron chi connectivity index (χ1n) is 8.56. The van der Waals surface area contributed by atoms with E-state index >= 15 is 0 Å². The maximum Gasteiger partial charge on any atom is 0.514 e. The molecule has 0 bridgehead atoms. The van der Waals surface area contributed by atoms with Crippen molar-refractivity contribution in [3.05, 3.63) is 65.9 Å². The maximum absolute atomic E-state index is 11.7. The van der Waals surface area contributed by atoms with Crippen LogP contribution in [0.4, 0.5) is 4.79 Å². The highest BCUT2D eigenvalue weighted by molar-refractivity contribution is 5.65. The number of hydrogen-bond donors (Lipinski definition) is 0. The van der Waals surface area contributed by atoms with Crippen LogP contribution in [-0.2, 0) is 4.74 Å². The second kappa shape index (κ2) is 8.64. The minimum atomic E-state index is -0.883. The highest BCUT2D eigenvalue weighted by atomic mass is 16.7. The minimum absolute atomic E-state index is 0.0138. The van der Waals surface area contributed by atoms with Crippen LogP contribution in [0.1, 0.15) is 18.1 Å². The predicted molar refractivity (Wildman–Crippen MR) is 101 cm³/mol. The number of aryl methyl sites for hydroxylation is 1. The van der Waals surface area contributed by atoms with Crippen molar-refractivity contribution < 1.29 is 19.0 Å². The van der Waals surface area contributed by atoms with E-state index in [2.05, 4.69) is 16.0 Å². The summed E-state index contributed by atoms with van der Waals surface area (Å²) in [6, 6.07) is 16.4. The van der Waals surface area contributed by atoms with Crippen LogP contribution in [0, 0.1) is 18.3 Å². The molecule has 3 aromatic rings. The predicted octanol–water partition coefficient (Wildman–Crippen LogP) is 4.65. The van der Waals surface area contributed by atoms with Crippen molar-refractivity contribution in [2.75, 3.05) is 6.61 Å². The Morgan fingerprint density at radius 2 is 1.93 bits per heavy atom. The topological polar surface area (TPSA) is 94.3 Å². The highest BCUT2D eigenvalue weighted by Gasteiger charge is 2.17. The molecule has 7 nitrogen and oxygen atoms in total. The van der Waals surface area contributed by atoms with Crippen LogP contribution in [0.15, 0.2) is 54.7 Å². The van der Waals surface area contributed by atoms with Crippen LogP contribution in [-0.4, -0.2) is 22.7 Å². The summed E-state index contributed by atoms with van der Waals surface area (Å²) < 4.78 is 15.9. The van der Waals surface area contributed by atoms with Gasteiger partial charge in [-0.25, -0.2) is 9.78 Å². The Hall–Kier alpha value is -3.92. The van der Waals surface area contributed by atoms with E-state index in [0.717, 1.165) is 11.1 Å². The molecule has 0 aliphatic carbocycles. The summed E-state index contributed by atoms with van der Waals surface area (Å²) in [7, 11) is 0. The van der Waals surface area contributed by atoms with Gasteiger partial charge in [-0.1, -0.05) is 36.4 Å². The molecule has 1 aromatic heterocycles. The lowest BCUT2D eigenvalue weighted by Crippen LogP contribution is -2.11. The molecule has 0 spiro atoms. The summed E-state index contributed by atoms with van der Waals surface area (Å²) in [5, 5.41) is 9.13. The molecule has 0 aliphatic heterocycles. The van der Waals surface area contributed by atoms with E-state index in [1.807, 2.05) is 37.3 Å². The summed E-state index contributed by atoms with van der Waals surface area (Å²) in [5.74, 6) is 0.881. The van der Waals surface area contributed by atoms with E-state index in [1.54, 1.807) is 25.1 Å². The maximum atomic E-state index is 11.7. The molecule has 0 saturated heterocycles. The molecule has 0 unspecified atom stereocenters. The number of nitriles is 1. The van der Waals surface area contributed by atoms with Crippen molar-refractivity contribution in [1.82, 2.24) is 9.97 Å². The fourth-order valence-corrected chi connectivity index (χ4v) is 2.35. The average molecular weight is 375 g/mol. The molecule has 0 fully saturated rings. The molecule has 7 heteroatoms. The number of ether oxygens (including phenoxy) is 3. The number of rotatable bonds is 5. The molecule has 140 valence electrons. The van der Waals surface area contributed by atoms with Crippen LogP contribution < -0.4 is 9.47 Å². The van der Waals surface area contributed by atoms with Crippen LogP contribution in [0.25, 0.3) is 11.4 Å². The molecule has 3 rings (SSSR count). The van der Waals surface area contributed by atoms with Gasteiger partial charge in [-0.2, -0.15) is 10.2 Å². The Labute approximate surface area is 162 Å². The fraction of sp³-hybridized carbons (Fsp3) is 0.143. The molecule has 2 aromatic carbocycles. The normalized spacial score (nSPS) is 10.0. The van der Waals surface area contributed by atoms with Gasteiger partial charge < -0.3 is 14.2 Å². The first kappa shape index (κ1) is 18.9. The zero-order valence-electron chi connectivity index (χ0n) is 15.4. The average Bonchev–Trinajstić information content (AvgIpc) is 2.71. The molecule has 0 saturated carbocycles. The van der Waals surface area contributed by atoms with Crippen LogP contribution >= 0.6 is 0 Å². The molecule has 0 N–H and O–H groups in total. The van der Waals surface area contributed by atoms with Crippen LogP contribution in [0.2, 0.25) is 0 Å². The summed E-state index contributed by atoms with van der Waals surface area (Å²) in [5.41, 5.74) is 2.00. The number of aromatic nitrogens is 2. The van der Waals surface area contributed by atoms with Gasteiger partial charge in [-0.15, -0.1) is 0 Å². The van der Waals surface area contributed by atoms with Crippen LogP contribution in [0.5, 0.6) is 17.4 Å². The largest absolute Gasteiger partial charge is 0.514 e. The summed E-state index contributed by atoms with van der Waals surface area (Å²) in [4.78, 5) is 20.4. The van der Waals surface area contributed by atoms with Gasteiger partial charge in [-0.05, 0) is 31.5 Å². The molecule has 0 aliphatic rings. The van der Waals surface area contributed by atoms with Crippen molar-refractivity contribution in [2.45, 2.75) is 13.8 Å². The minimum Gasteiger partial charge on any atom is -0.435 e. The summed E-state index contributed by atoms with van der Waals surface area (Å²) in [6.07, 6.45) is 0.469. The lowest BCUT2D eigenvalue weighted by atomic mass is 10.1. The van der Waals surface area contributed by atoms with Crippen LogP contribution in [0.3, 0.4) is 0 Å². The smallest absolute Gasteiger partial charge is 0.435 e. The number of hydrogen-bond acceptors (Lipinski definition) is 7. The SMILES string of the molecule is CCOC(=O)Oc1cnc(-c2ccccc2)nc1Oc1cc(C#N)ccc1C. The van der Waals surface area contributed by atoms with E-state index < -0.39 is 6.16 Å². The van der Waals surface area contributed by atoms with E-state index in [0.29, 0.717) is 17.1 Å². The Kier molecular flexibility index (Phi) is 5.82. The van der Waals surface area contributed by atoms with Crippen molar-refractivity contribution in [2.24, 2.45) is 0 Å². The van der Waals surface area contributed by atoms with Gasteiger partial charge in [0.15, 0.2) is 5.82 Å². The van der Waals surface area contributed by atoms with Crippen molar-refractivity contribution in [1.29, 1.82) is 5.26 Å². The molecule has 1 heterocycles. The third kappa shape index (κ3) is 4.43. The van der Waals surface area contributed by atoms with Crippen molar-refractivity contribution in [3.63, 3.8) is 0 Å². The molecular weight excluding hydrogens is 358 g/mol. The third-order valence-corrected chi connectivity index (χ3v) is 3.73. The zero-order valence-corrected chi connectivity index (χ0v) is 15.4. The van der Waals surface area contributed by atoms with Gasteiger partial charge in [0, 0.05) is 5.56 Å². The molecule has 28 heavy (non-hydrogen) atoms. The standard InChI is InChI=1S/C21H17N3O4/c1-3-26-21(25)28-18-13-23-19(16-7-5-4-6-8-16)24-20(18)27-17-11-15(12-22)10-9-14(17)2/h4-11,13H,3H2,1-2H3. The van der Waals surface area contributed by atoms with Gasteiger partial charge in [-0.3, -0.25) is 0 Å². The second-order valence-electron chi connectivity index (χ2n) is 5.71. The van der Waals surface area contributed by atoms with Gasteiger partial charge in [0.25, 0.3) is 5.88 Å². The van der Waals surface area contributed by atoms with Gasteiger partial charge in [0.05, 0.1) is 24.4 Å². The summed E-state index contributed by atoms with van der Waals surface area (Å²) in [6.45, 7) is 3.67. The first-order chi connectivity index (χ1) is 13.6. The Morgan fingerprint density at radius 3 is 2.64 bits per heavy atom. The van der Waals surface area contributed by atoms with E-state index in [9.17, 15) is 4.79 Å². The van der Waals surface area contributed by atoms with Crippen molar-refractivity contribution >= 4 is 6.16 Å². The molecule has 0 atom stereocenters. The number of nitrogens with zero attached hydrogens (tertiary/aromatic N) is 3. The highest BCUT2D eigenvalue weighted by Crippen LogP contribution is 2.33. The Balaban J connectivity index is 2.02. The molecule has 0 amide bonds. The fourth-order valence-electron chi connectivity index (χ4n) is 2.35. The Morgan fingerprint density at radius 1 is 1.14 bits per heavy atom. The summed E-state index contributed by atoms with van der Waals surface area (Å²) >= 11 is 0. The number of carbonyl (C=O) groups is 1. The lowest BCUT2D eigenvalue weighted by molar-refractivity contribution is 0.103. The van der Waals surface area contributed by atoms with Crippen molar-refractivity contribution in [3.8, 4) is 34.8 Å². The van der Waals surface area contributed by atoms with E-state index in [-0.39, 0.29) is 18.2 Å². The van der Waals surface area contributed by atoms with Gasteiger partial charge in [0.1, 0.15) is 5.75 Å². The third-order valence-electron chi connectivity index (χ3n) is 3.73. The van der Waals surface area contributed by atoms with E-state index in [1.165, 1.54) is 6.20 Å². The number of benzene rings is 2. The van der Waals surface area contributed by atoms with Gasteiger partial charge >= 0.3 is 6.16 Å². The number of carbonyl (C=O) groups excluding carboxylic acids is 1. The zero-order chi connectivity index (χ0) is 19.9.